The van der Waals surface area contributed by atoms with Gasteiger partial charge in [-0.15, -0.1) is 11.3 Å². The van der Waals surface area contributed by atoms with Gasteiger partial charge < -0.3 is 9.64 Å². The molecule has 0 bridgehead atoms. The van der Waals surface area contributed by atoms with Crippen molar-refractivity contribution in [2.45, 2.75) is 18.9 Å². The Labute approximate surface area is 205 Å². The second kappa shape index (κ2) is 10.9. The summed E-state index contributed by atoms with van der Waals surface area (Å²) in [7, 11) is 0. The summed E-state index contributed by atoms with van der Waals surface area (Å²) >= 11 is 7.48. The Morgan fingerprint density at radius 3 is 2.26 bits per heavy atom. The number of alkyl halides is 3. The fraction of sp³-hybridized carbons (Fsp3) is 0.320. The van der Waals surface area contributed by atoms with Crippen LogP contribution in [0.2, 0.25) is 5.02 Å². The van der Waals surface area contributed by atoms with Gasteiger partial charge in [0, 0.05) is 37.7 Å². The zero-order valence-electron chi connectivity index (χ0n) is 18.3. The number of piperazine rings is 1. The third-order valence-electron chi connectivity index (χ3n) is 5.79. The van der Waals surface area contributed by atoms with Crippen molar-refractivity contribution in [2.24, 2.45) is 0 Å². The van der Waals surface area contributed by atoms with E-state index in [2.05, 4.69) is 4.90 Å². The smallest absolute Gasteiger partial charge is 0.368 e. The van der Waals surface area contributed by atoms with E-state index in [1.54, 1.807) is 12.1 Å². The van der Waals surface area contributed by atoms with E-state index < -0.39 is 11.7 Å². The van der Waals surface area contributed by atoms with Crippen molar-refractivity contribution in [3.8, 4) is 0 Å². The largest absolute Gasteiger partial charge is 0.416 e. The third kappa shape index (κ3) is 6.39. The highest BCUT2D eigenvalue weighted by Crippen LogP contribution is 2.30. The highest BCUT2D eigenvalue weighted by molar-refractivity contribution is 7.12. The van der Waals surface area contributed by atoms with Gasteiger partial charge in [0.1, 0.15) is 0 Å². The Morgan fingerprint density at radius 1 is 1.00 bits per heavy atom. The number of halogens is 4. The molecule has 180 valence electrons. The summed E-state index contributed by atoms with van der Waals surface area (Å²) in [6, 6.07) is 16.1. The average molecular weight is 509 g/mol. The number of carbonyl (C=O) groups excluding carboxylic acids is 1. The summed E-state index contributed by atoms with van der Waals surface area (Å²) < 4.78 is 44.7. The first-order chi connectivity index (χ1) is 16.3. The number of nitrogens with zero attached hydrogens (tertiary/aromatic N) is 2. The first kappa shape index (κ1) is 24.7. The molecule has 1 fully saturated rings. The maximum absolute atomic E-state index is 12.8. The number of rotatable bonds is 7. The van der Waals surface area contributed by atoms with Crippen LogP contribution in [0.4, 0.5) is 13.2 Å². The topological polar surface area (TPSA) is 32.8 Å². The molecule has 4 rings (SSSR count). The van der Waals surface area contributed by atoms with Crippen LogP contribution in [-0.2, 0) is 17.5 Å². The number of hydrogen-bond donors (Lipinski definition) is 0. The molecular weight excluding hydrogens is 485 g/mol. The molecule has 0 saturated carbocycles. The predicted octanol–water partition coefficient (Wildman–Crippen LogP) is 6.14. The van der Waals surface area contributed by atoms with Gasteiger partial charge in [0.2, 0.25) is 0 Å². The number of ether oxygens (including phenoxy) is 1. The predicted molar refractivity (Wildman–Crippen MR) is 127 cm³/mol. The summed E-state index contributed by atoms with van der Waals surface area (Å²) in [5.41, 5.74) is 0.923. The molecule has 1 saturated heterocycles. The van der Waals surface area contributed by atoms with Gasteiger partial charge in [-0.25, -0.2) is 0 Å². The van der Waals surface area contributed by atoms with E-state index >= 15 is 0 Å². The van der Waals surface area contributed by atoms with Gasteiger partial charge in [-0.1, -0.05) is 41.9 Å². The van der Waals surface area contributed by atoms with Crippen molar-refractivity contribution in [1.82, 2.24) is 9.80 Å². The van der Waals surface area contributed by atoms with E-state index in [4.69, 9.17) is 16.3 Å². The molecule has 4 nitrogen and oxygen atoms in total. The van der Waals surface area contributed by atoms with Crippen LogP contribution in [0, 0.1) is 0 Å². The lowest BCUT2D eigenvalue weighted by atomic mass is 10.1. The molecule has 1 aromatic heterocycles. The maximum atomic E-state index is 12.8. The first-order valence-electron chi connectivity index (χ1n) is 10.9. The Kier molecular flexibility index (Phi) is 7.93. The third-order valence-corrected chi connectivity index (χ3v) is 6.90. The second-order valence-electron chi connectivity index (χ2n) is 8.12. The molecule has 2 heterocycles. The lowest BCUT2D eigenvalue weighted by Crippen LogP contribution is -2.49. The molecule has 1 aliphatic heterocycles. The van der Waals surface area contributed by atoms with Crippen molar-refractivity contribution in [3.63, 3.8) is 0 Å². The summed E-state index contributed by atoms with van der Waals surface area (Å²) in [6.07, 6.45) is -4.66. The lowest BCUT2D eigenvalue weighted by molar-refractivity contribution is -0.137. The van der Waals surface area contributed by atoms with Crippen molar-refractivity contribution >= 4 is 28.8 Å². The van der Waals surface area contributed by atoms with Crippen LogP contribution in [0.5, 0.6) is 0 Å². The number of hydrogen-bond acceptors (Lipinski definition) is 4. The minimum Gasteiger partial charge on any atom is -0.368 e. The fourth-order valence-electron chi connectivity index (χ4n) is 3.84. The summed E-state index contributed by atoms with van der Waals surface area (Å²) in [5.74, 6) is 0.0578. The Balaban J connectivity index is 1.38. The van der Waals surface area contributed by atoms with Crippen molar-refractivity contribution in [3.05, 3.63) is 92.6 Å². The molecule has 0 radical (unpaired) electrons. The van der Waals surface area contributed by atoms with Gasteiger partial charge >= 0.3 is 6.18 Å². The minimum atomic E-state index is -4.36. The summed E-state index contributed by atoms with van der Waals surface area (Å²) in [4.78, 5) is 17.4. The van der Waals surface area contributed by atoms with E-state index in [0.29, 0.717) is 43.3 Å². The van der Waals surface area contributed by atoms with Gasteiger partial charge in [-0.05, 0) is 46.8 Å². The number of amides is 1. The number of carbonyl (C=O) groups is 1. The molecular formula is C25H24ClF3N2O2S. The van der Waals surface area contributed by atoms with Crippen LogP contribution >= 0.6 is 22.9 Å². The highest BCUT2D eigenvalue weighted by atomic mass is 35.5. The van der Waals surface area contributed by atoms with Crippen molar-refractivity contribution in [1.29, 1.82) is 0 Å². The van der Waals surface area contributed by atoms with Gasteiger partial charge in [-0.3, -0.25) is 9.69 Å². The van der Waals surface area contributed by atoms with Gasteiger partial charge in [0.25, 0.3) is 5.91 Å². The number of benzene rings is 2. The zero-order chi connectivity index (χ0) is 24.1. The molecule has 9 heteroatoms. The van der Waals surface area contributed by atoms with Crippen molar-refractivity contribution in [2.75, 3.05) is 32.7 Å². The van der Waals surface area contributed by atoms with Crippen LogP contribution in [-0.4, -0.2) is 48.4 Å². The SMILES string of the molecule is O=C(c1cccs1)N1CCN(CC(OCc2ccc(C(F)(F)F)cc2)c2ccc(Cl)cc2)CC1. The van der Waals surface area contributed by atoms with E-state index in [-0.39, 0.29) is 18.6 Å². The molecule has 1 atom stereocenters. The van der Waals surface area contributed by atoms with Crippen LogP contribution < -0.4 is 0 Å². The Bertz CT molecular complexity index is 1070. The lowest BCUT2D eigenvalue weighted by Gasteiger charge is -2.36. The summed E-state index contributed by atoms with van der Waals surface area (Å²) in [6.45, 7) is 3.47. The second-order valence-corrected chi connectivity index (χ2v) is 9.50. The van der Waals surface area contributed by atoms with E-state index in [0.717, 1.165) is 22.6 Å². The van der Waals surface area contributed by atoms with Crippen LogP contribution in [0.1, 0.15) is 32.5 Å². The molecule has 3 aromatic rings. The monoisotopic (exact) mass is 508 g/mol. The van der Waals surface area contributed by atoms with E-state index in [1.165, 1.54) is 23.5 Å². The van der Waals surface area contributed by atoms with Crippen LogP contribution in [0.15, 0.2) is 66.0 Å². The molecule has 1 unspecified atom stereocenters. The van der Waals surface area contributed by atoms with Crippen molar-refractivity contribution < 1.29 is 22.7 Å². The Hall–Kier alpha value is -2.39. The van der Waals surface area contributed by atoms with E-state index in [9.17, 15) is 18.0 Å². The van der Waals surface area contributed by atoms with Crippen LogP contribution in [0.25, 0.3) is 0 Å². The van der Waals surface area contributed by atoms with Gasteiger partial charge in [-0.2, -0.15) is 13.2 Å². The molecule has 0 N–H and O–H groups in total. The van der Waals surface area contributed by atoms with E-state index in [1.807, 2.05) is 34.5 Å². The van der Waals surface area contributed by atoms with Crippen LogP contribution in [0.3, 0.4) is 0 Å². The highest BCUT2D eigenvalue weighted by Gasteiger charge is 2.30. The minimum absolute atomic E-state index is 0.0578. The Morgan fingerprint density at radius 2 is 1.68 bits per heavy atom. The van der Waals surface area contributed by atoms with Gasteiger partial charge in [0.05, 0.1) is 23.2 Å². The molecule has 1 amide bonds. The first-order valence-corrected chi connectivity index (χ1v) is 12.1. The summed E-state index contributed by atoms with van der Waals surface area (Å²) in [5, 5.41) is 2.51. The standard InChI is InChI=1S/C25H24ClF3N2O2S/c26-21-9-5-19(6-10-21)22(33-17-18-3-7-20(8-4-18)25(27,28)29)16-30-11-13-31(14-12-30)24(32)23-2-1-15-34-23/h1-10,15,22H,11-14,16-17H2. The molecule has 1 aliphatic rings. The zero-order valence-corrected chi connectivity index (χ0v) is 19.9. The number of thiophene rings is 1. The molecule has 2 aromatic carbocycles. The van der Waals surface area contributed by atoms with Gasteiger partial charge in [0.15, 0.2) is 0 Å². The molecule has 34 heavy (non-hydrogen) atoms. The quantitative estimate of drug-likeness (QED) is 0.384. The fourth-order valence-corrected chi connectivity index (χ4v) is 4.66. The maximum Gasteiger partial charge on any atom is 0.416 e. The average Bonchev–Trinajstić information content (AvgIpc) is 3.37. The molecule has 0 spiro atoms. The molecule has 0 aliphatic carbocycles. The normalized spacial score (nSPS) is 15.9.